The number of likely N-dealkylation sites (tertiary alicyclic amines) is 1. The van der Waals surface area contributed by atoms with E-state index in [1.54, 1.807) is 0 Å². The number of aromatic nitrogens is 2. The first-order chi connectivity index (χ1) is 16.9. The number of carboxylic acid groups (broad SMARTS) is 1. The van der Waals surface area contributed by atoms with Crippen LogP contribution >= 0.6 is 0 Å². The van der Waals surface area contributed by atoms with Crippen molar-refractivity contribution in [2.45, 2.75) is 31.0 Å². The average molecular weight is 476 g/mol. The molecule has 35 heavy (non-hydrogen) atoms. The minimum Gasteiger partial charge on any atom is -0.480 e. The number of hydrogen-bond acceptors (Lipinski definition) is 6. The Labute approximate surface area is 200 Å². The van der Waals surface area contributed by atoms with Crippen LogP contribution < -0.4 is 5.32 Å². The van der Waals surface area contributed by atoms with Crippen LogP contribution in [0.4, 0.5) is 10.5 Å². The molecular formula is C25H24N4O6. The minimum absolute atomic E-state index is 0.00519. The lowest BCUT2D eigenvalue weighted by atomic mass is 9.98. The van der Waals surface area contributed by atoms with Gasteiger partial charge in [-0.15, -0.1) is 0 Å². The summed E-state index contributed by atoms with van der Waals surface area (Å²) in [6, 6.07) is 15.0. The lowest BCUT2D eigenvalue weighted by Crippen LogP contribution is -2.42. The van der Waals surface area contributed by atoms with Gasteiger partial charge in [-0.25, -0.2) is 9.59 Å². The van der Waals surface area contributed by atoms with Crippen molar-refractivity contribution in [3.05, 3.63) is 72.1 Å². The zero-order valence-corrected chi connectivity index (χ0v) is 18.7. The maximum absolute atomic E-state index is 12.5. The monoisotopic (exact) mass is 476 g/mol. The highest BCUT2D eigenvalue weighted by molar-refractivity contribution is 5.86. The van der Waals surface area contributed by atoms with E-state index in [4.69, 9.17) is 4.74 Å². The van der Waals surface area contributed by atoms with E-state index in [-0.39, 0.29) is 32.0 Å². The van der Waals surface area contributed by atoms with Gasteiger partial charge in [0.25, 0.3) is 0 Å². The van der Waals surface area contributed by atoms with Gasteiger partial charge >= 0.3 is 12.1 Å². The van der Waals surface area contributed by atoms with E-state index in [0.29, 0.717) is 5.69 Å². The Hall–Kier alpha value is -4.18. The molecule has 0 unspecified atom stereocenters. The number of hydrogen-bond donors (Lipinski definition) is 3. The number of carbonyl (C=O) groups is 3. The standard InChI is InChI=1S/C25H24N4O6/c30-16-9-22(24(32)33)29(12-16)23(31)13-28-11-15(10-26-28)27-25(34)35-14-21-19-7-3-1-5-17(19)18-6-2-4-8-20(18)21/h1-8,10-11,16,21-22,30H,9,12-14H2,(H,27,34)(H,32,33)/t16-,22-/m0/s1. The normalized spacial score (nSPS) is 18.7. The molecule has 1 aliphatic carbocycles. The molecule has 0 radical (unpaired) electrons. The van der Waals surface area contributed by atoms with Gasteiger partial charge in [-0.05, 0) is 22.3 Å². The number of carboxylic acids is 1. The average Bonchev–Trinajstić information content (AvgIpc) is 3.53. The number of ether oxygens (including phenoxy) is 1. The fourth-order valence-electron chi connectivity index (χ4n) is 4.82. The van der Waals surface area contributed by atoms with Crippen molar-refractivity contribution in [2.75, 3.05) is 18.5 Å². The third-order valence-corrected chi connectivity index (χ3v) is 6.40. The van der Waals surface area contributed by atoms with Crippen molar-refractivity contribution in [2.24, 2.45) is 0 Å². The lowest BCUT2D eigenvalue weighted by molar-refractivity contribution is -0.148. The number of nitrogens with one attached hydrogen (secondary N) is 1. The van der Waals surface area contributed by atoms with Gasteiger partial charge in [0, 0.05) is 25.1 Å². The summed E-state index contributed by atoms with van der Waals surface area (Å²) in [6.07, 6.45) is 1.31. The minimum atomic E-state index is -1.16. The number of amides is 2. The molecule has 3 N–H and O–H groups in total. The Morgan fingerprint density at radius 1 is 1.06 bits per heavy atom. The molecular weight excluding hydrogens is 452 g/mol. The second kappa shape index (κ2) is 9.22. The molecule has 10 nitrogen and oxygen atoms in total. The molecule has 2 amide bonds. The number of β-amino-alcohol motifs (C(OH)–C–C–N with tert-alkyl or cyclic N) is 1. The van der Waals surface area contributed by atoms with Crippen LogP contribution in [0.15, 0.2) is 60.9 Å². The smallest absolute Gasteiger partial charge is 0.411 e. The molecule has 10 heteroatoms. The molecule has 0 spiro atoms. The molecule has 0 saturated carbocycles. The topological polar surface area (TPSA) is 134 Å². The van der Waals surface area contributed by atoms with Gasteiger partial charge in [0.05, 0.1) is 18.0 Å². The van der Waals surface area contributed by atoms with Gasteiger partial charge in [0.1, 0.15) is 19.2 Å². The van der Waals surface area contributed by atoms with Crippen LogP contribution in [-0.4, -0.2) is 68.2 Å². The molecule has 2 heterocycles. The number of aliphatic hydroxyl groups is 1. The Balaban J connectivity index is 1.18. The van der Waals surface area contributed by atoms with Crippen LogP contribution in [0, 0.1) is 0 Å². The summed E-state index contributed by atoms with van der Waals surface area (Å²) in [7, 11) is 0. The zero-order valence-electron chi connectivity index (χ0n) is 18.7. The van der Waals surface area contributed by atoms with E-state index in [1.165, 1.54) is 17.1 Å². The van der Waals surface area contributed by atoms with Gasteiger partial charge < -0.3 is 19.8 Å². The quantitative estimate of drug-likeness (QED) is 0.497. The molecule has 1 fully saturated rings. The fraction of sp³-hybridized carbons (Fsp3) is 0.280. The Bertz CT molecular complexity index is 1240. The number of aliphatic carboxylic acids is 1. The molecule has 180 valence electrons. The van der Waals surface area contributed by atoms with Crippen molar-refractivity contribution in [3.63, 3.8) is 0 Å². The van der Waals surface area contributed by atoms with Crippen LogP contribution in [0.25, 0.3) is 11.1 Å². The maximum atomic E-state index is 12.5. The van der Waals surface area contributed by atoms with Crippen molar-refractivity contribution in [3.8, 4) is 11.1 Å². The Morgan fingerprint density at radius 3 is 2.37 bits per heavy atom. The number of anilines is 1. The molecule has 5 rings (SSSR count). The summed E-state index contributed by atoms with van der Waals surface area (Å²) in [5.41, 5.74) is 4.84. The van der Waals surface area contributed by atoms with E-state index >= 15 is 0 Å². The lowest BCUT2D eigenvalue weighted by Gasteiger charge is -2.20. The first-order valence-corrected chi connectivity index (χ1v) is 11.3. The van der Waals surface area contributed by atoms with E-state index in [0.717, 1.165) is 27.2 Å². The van der Waals surface area contributed by atoms with E-state index in [9.17, 15) is 24.6 Å². The van der Waals surface area contributed by atoms with Crippen molar-refractivity contribution in [1.29, 1.82) is 0 Å². The van der Waals surface area contributed by atoms with Gasteiger partial charge in [0.2, 0.25) is 5.91 Å². The van der Waals surface area contributed by atoms with Gasteiger partial charge in [-0.1, -0.05) is 48.5 Å². The number of aliphatic hydroxyl groups excluding tert-OH is 1. The maximum Gasteiger partial charge on any atom is 0.411 e. The molecule has 1 saturated heterocycles. The first kappa shape index (κ1) is 22.6. The van der Waals surface area contributed by atoms with E-state index < -0.39 is 30.1 Å². The molecule has 2 aromatic carbocycles. The molecule has 1 aliphatic heterocycles. The second-order valence-corrected chi connectivity index (χ2v) is 8.67. The summed E-state index contributed by atoms with van der Waals surface area (Å²) in [5.74, 6) is -1.70. The molecule has 3 aromatic rings. The summed E-state index contributed by atoms with van der Waals surface area (Å²) < 4.78 is 6.81. The Kier molecular flexibility index (Phi) is 5.96. The number of carbonyl (C=O) groups excluding carboxylic acids is 2. The van der Waals surface area contributed by atoms with Crippen LogP contribution in [0.2, 0.25) is 0 Å². The number of nitrogens with zero attached hydrogens (tertiary/aromatic N) is 3. The summed E-state index contributed by atoms with van der Waals surface area (Å²) in [5, 5.41) is 25.7. The van der Waals surface area contributed by atoms with Gasteiger partial charge in [0.15, 0.2) is 0 Å². The SMILES string of the molecule is O=C(Nc1cnn(CC(=O)N2C[C@@H](O)C[C@H]2C(=O)O)c1)OCC1c2ccccc2-c2ccccc21. The fourth-order valence-corrected chi connectivity index (χ4v) is 4.82. The third-order valence-electron chi connectivity index (χ3n) is 6.40. The van der Waals surface area contributed by atoms with E-state index in [1.807, 2.05) is 36.4 Å². The number of benzene rings is 2. The Morgan fingerprint density at radius 2 is 1.71 bits per heavy atom. The third kappa shape index (κ3) is 4.47. The van der Waals surface area contributed by atoms with Crippen molar-refractivity contribution in [1.82, 2.24) is 14.7 Å². The highest BCUT2D eigenvalue weighted by Crippen LogP contribution is 2.44. The van der Waals surface area contributed by atoms with Crippen LogP contribution in [0.5, 0.6) is 0 Å². The van der Waals surface area contributed by atoms with Gasteiger partial charge in [-0.2, -0.15) is 5.10 Å². The van der Waals surface area contributed by atoms with Gasteiger partial charge in [-0.3, -0.25) is 14.8 Å². The predicted molar refractivity (Wildman–Crippen MR) is 125 cm³/mol. The van der Waals surface area contributed by atoms with Crippen LogP contribution in [-0.2, 0) is 20.9 Å². The van der Waals surface area contributed by atoms with Crippen molar-refractivity contribution < 1.29 is 29.3 Å². The predicted octanol–water partition coefficient (Wildman–Crippen LogP) is 2.29. The van der Waals surface area contributed by atoms with Crippen LogP contribution in [0.1, 0.15) is 23.5 Å². The number of fused-ring (bicyclic) bond motifs is 3. The summed E-state index contributed by atoms with van der Waals surface area (Å²) >= 11 is 0. The summed E-state index contributed by atoms with van der Waals surface area (Å²) in [6.45, 7) is -0.0921. The molecule has 2 atom stereocenters. The van der Waals surface area contributed by atoms with Crippen molar-refractivity contribution >= 4 is 23.7 Å². The number of rotatable bonds is 6. The molecule has 2 aliphatic rings. The first-order valence-electron chi connectivity index (χ1n) is 11.3. The largest absolute Gasteiger partial charge is 0.480 e. The summed E-state index contributed by atoms with van der Waals surface area (Å²) in [4.78, 5) is 37.5. The zero-order chi connectivity index (χ0) is 24.5. The molecule has 1 aromatic heterocycles. The van der Waals surface area contributed by atoms with E-state index in [2.05, 4.69) is 22.5 Å². The molecule has 0 bridgehead atoms. The second-order valence-electron chi connectivity index (χ2n) is 8.67. The highest BCUT2D eigenvalue weighted by Gasteiger charge is 2.38. The van der Waals surface area contributed by atoms with Crippen LogP contribution in [0.3, 0.4) is 0 Å². The highest BCUT2D eigenvalue weighted by atomic mass is 16.5.